The van der Waals surface area contributed by atoms with Crippen LogP contribution in [0.4, 0.5) is 4.79 Å². The normalized spacial score (nSPS) is 27.8. The van der Waals surface area contributed by atoms with Crippen molar-refractivity contribution in [2.75, 3.05) is 19.8 Å². The van der Waals surface area contributed by atoms with Crippen molar-refractivity contribution in [3.05, 3.63) is 0 Å². The van der Waals surface area contributed by atoms with E-state index < -0.39 is 17.5 Å². The van der Waals surface area contributed by atoms with E-state index in [1.807, 2.05) is 0 Å². The fourth-order valence-electron chi connectivity index (χ4n) is 2.64. The third-order valence-corrected chi connectivity index (χ3v) is 4.15. The van der Waals surface area contributed by atoms with Crippen LogP contribution >= 0.6 is 0 Å². The maximum absolute atomic E-state index is 11.8. The van der Waals surface area contributed by atoms with E-state index >= 15 is 0 Å². The Labute approximate surface area is 112 Å². The number of carbonyl (C=O) groups is 2. The predicted octanol–water partition coefficient (Wildman–Crippen LogP) is 1.11. The molecule has 2 fully saturated rings. The molecule has 6 heteroatoms. The van der Waals surface area contributed by atoms with Crippen LogP contribution in [0.15, 0.2) is 0 Å². The zero-order chi connectivity index (χ0) is 13.9. The molecule has 1 saturated carbocycles. The Kier molecular flexibility index (Phi) is 3.99. The maximum Gasteiger partial charge on any atom is 0.332 e. The number of urea groups is 1. The van der Waals surface area contributed by atoms with Gasteiger partial charge in [-0.3, -0.25) is 0 Å². The number of aliphatic carboxylic acids is 1. The first-order valence-corrected chi connectivity index (χ1v) is 6.89. The Bertz CT molecular complexity index is 360. The monoisotopic (exact) mass is 270 g/mol. The first-order valence-electron chi connectivity index (χ1n) is 6.89. The van der Waals surface area contributed by atoms with Gasteiger partial charge < -0.3 is 20.5 Å². The lowest BCUT2D eigenvalue weighted by molar-refractivity contribution is -0.144. The van der Waals surface area contributed by atoms with Crippen molar-refractivity contribution in [1.82, 2.24) is 10.6 Å². The molecule has 1 unspecified atom stereocenters. The molecule has 1 atom stereocenters. The summed E-state index contributed by atoms with van der Waals surface area (Å²) in [6.45, 7) is 3.17. The van der Waals surface area contributed by atoms with Gasteiger partial charge in [0.25, 0.3) is 0 Å². The molecule has 3 N–H and O–H groups in total. The number of hydrogen-bond acceptors (Lipinski definition) is 3. The van der Waals surface area contributed by atoms with Crippen LogP contribution in [-0.2, 0) is 9.53 Å². The lowest BCUT2D eigenvalue weighted by Gasteiger charge is -2.24. The molecule has 1 saturated heterocycles. The van der Waals surface area contributed by atoms with Gasteiger partial charge in [-0.25, -0.2) is 9.59 Å². The molecular formula is C13H22N2O4. The van der Waals surface area contributed by atoms with Crippen molar-refractivity contribution in [3.8, 4) is 0 Å². The number of carboxylic acid groups (broad SMARTS) is 1. The molecule has 19 heavy (non-hydrogen) atoms. The second kappa shape index (κ2) is 5.36. The summed E-state index contributed by atoms with van der Waals surface area (Å²) in [5.41, 5.74) is -1.000. The minimum Gasteiger partial charge on any atom is -0.479 e. The summed E-state index contributed by atoms with van der Waals surface area (Å²) in [6.07, 6.45) is 4.83. The molecule has 108 valence electrons. The van der Waals surface area contributed by atoms with Crippen molar-refractivity contribution in [1.29, 1.82) is 0 Å². The summed E-state index contributed by atoms with van der Waals surface area (Å²) in [6, 6.07) is -0.407. The Morgan fingerprint density at radius 2 is 2.05 bits per heavy atom. The number of nitrogens with one attached hydrogen (secondary N) is 2. The lowest BCUT2D eigenvalue weighted by Crippen LogP contribution is -2.58. The molecule has 2 rings (SSSR count). The molecule has 1 aliphatic carbocycles. The Balaban J connectivity index is 1.82. The van der Waals surface area contributed by atoms with Crippen molar-refractivity contribution >= 4 is 12.0 Å². The molecule has 2 amide bonds. The van der Waals surface area contributed by atoms with Gasteiger partial charge in [0.05, 0.1) is 6.61 Å². The van der Waals surface area contributed by atoms with Gasteiger partial charge in [0, 0.05) is 19.6 Å². The molecule has 1 heterocycles. The first-order chi connectivity index (χ1) is 9.02. The van der Waals surface area contributed by atoms with Crippen LogP contribution in [0.25, 0.3) is 0 Å². The van der Waals surface area contributed by atoms with Crippen molar-refractivity contribution in [2.45, 2.75) is 44.6 Å². The minimum atomic E-state index is -1.26. The summed E-state index contributed by atoms with van der Waals surface area (Å²) in [5.74, 6) is -1.03. The molecule has 0 aromatic carbocycles. The summed E-state index contributed by atoms with van der Waals surface area (Å²) < 4.78 is 5.10. The number of carbonyl (C=O) groups excluding carboxylic acids is 1. The lowest BCUT2D eigenvalue weighted by atomic mass is 9.99. The van der Waals surface area contributed by atoms with Crippen LogP contribution in [0.2, 0.25) is 0 Å². The topological polar surface area (TPSA) is 87.7 Å². The van der Waals surface area contributed by atoms with E-state index in [0.717, 1.165) is 25.7 Å². The van der Waals surface area contributed by atoms with E-state index in [9.17, 15) is 14.7 Å². The zero-order valence-corrected chi connectivity index (χ0v) is 11.3. The zero-order valence-electron chi connectivity index (χ0n) is 11.3. The molecule has 1 aliphatic heterocycles. The number of carboxylic acids is 1. The van der Waals surface area contributed by atoms with Crippen LogP contribution in [-0.4, -0.2) is 42.4 Å². The fraction of sp³-hybridized carbons (Fsp3) is 0.846. The number of rotatable bonds is 6. The highest BCUT2D eigenvalue weighted by Crippen LogP contribution is 2.48. The van der Waals surface area contributed by atoms with Gasteiger partial charge >= 0.3 is 12.0 Å². The van der Waals surface area contributed by atoms with Gasteiger partial charge in [-0.15, -0.1) is 0 Å². The van der Waals surface area contributed by atoms with Crippen molar-refractivity contribution in [2.24, 2.45) is 5.41 Å². The van der Waals surface area contributed by atoms with E-state index in [0.29, 0.717) is 19.6 Å². The molecule has 0 aromatic heterocycles. The average molecular weight is 270 g/mol. The van der Waals surface area contributed by atoms with Gasteiger partial charge in [0.1, 0.15) is 0 Å². The van der Waals surface area contributed by atoms with E-state index in [1.165, 1.54) is 0 Å². The fourth-order valence-corrected chi connectivity index (χ4v) is 2.64. The minimum absolute atomic E-state index is 0.0376. The quantitative estimate of drug-likeness (QED) is 0.674. The summed E-state index contributed by atoms with van der Waals surface area (Å²) in [5, 5.41) is 14.6. The smallest absolute Gasteiger partial charge is 0.332 e. The highest BCUT2D eigenvalue weighted by atomic mass is 16.5. The molecular weight excluding hydrogens is 248 g/mol. The van der Waals surface area contributed by atoms with Crippen molar-refractivity contribution in [3.63, 3.8) is 0 Å². The number of hydrogen-bond donors (Lipinski definition) is 3. The van der Waals surface area contributed by atoms with Gasteiger partial charge in [0.2, 0.25) is 0 Å². The van der Waals surface area contributed by atoms with Crippen LogP contribution in [0.3, 0.4) is 0 Å². The van der Waals surface area contributed by atoms with Crippen molar-refractivity contribution < 1.29 is 19.4 Å². The van der Waals surface area contributed by atoms with E-state index in [-0.39, 0.29) is 12.0 Å². The summed E-state index contributed by atoms with van der Waals surface area (Å²) in [4.78, 5) is 23.1. The number of ether oxygens (including phenoxy) is 1. The molecule has 6 nitrogen and oxygen atoms in total. The molecule has 0 spiro atoms. The third kappa shape index (κ3) is 3.18. The largest absolute Gasteiger partial charge is 0.479 e. The molecule has 2 aliphatic rings. The Morgan fingerprint density at radius 1 is 1.32 bits per heavy atom. The molecule has 0 radical (unpaired) electrons. The second-order valence-electron chi connectivity index (χ2n) is 5.75. The standard InChI is InChI=1S/C13H22N2O4/c1-2-3-12(4-5-12)8-14-11(18)15-13(10(16)17)6-7-19-9-13/h2-9H2,1H3,(H,16,17)(H2,14,15,18). The van der Waals surface area contributed by atoms with Gasteiger partial charge in [0.15, 0.2) is 5.54 Å². The predicted molar refractivity (Wildman–Crippen MR) is 68.9 cm³/mol. The first kappa shape index (κ1) is 14.1. The second-order valence-corrected chi connectivity index (χ2v) is 5.75. The molecule has 0 aromatic rings. The average Bonchev–Trinajstić information content (AvgIpc) is 2.96. The van der Waals surface area contributed by atoms with Crippen LogP contribution in [0.5, 0.6) is 0 Å². The Hall–Kier alpha value is -1.30. The van der Waals surface area contributed by atoms with Gasteiger partial charge in [-0.2, -0.15) is 0 Å². The van der Waals surface area contributed by atoms with Gasteiger partial charge in [-0.1, -0.05) is 13.3 Å². The van der Waals surface area contributed by atoms with E-state index in [2.05, 4.69) is 17.6 Å². The SMILES string of the molecule is CCCC1(CNC(=O)NC2(C(=O)O)CCOC2)CC1. The van der Waals surface area contributed by atoms with Gasteiger partial charge in [-0.05, 0) is 24.7 Å². The van der Waals surface area contributed by atoms with E-state index in [4.69, 9.17) is 4.74 Å². The summed E-state index contributed by atoms with van der Waals surface area (Å²) in [7, 11) is 0. The van der Waals surface area contributed by atoms with Crippen LogP contribution in [0, 0.1) is 5.41 Å². The van der Waals surface area contributed by atoms with Crippen LogP contribution < -0.4 is 10.6 Å². The molecule has 0 bridgehead atoms. The highest BCUT2D eigenvalue weighted by molar-refractivity contribution is 5.86. The number of amides is 2. The maximum atomic E-state index is 11.8. The van der Waals surface area contributed by atoms with Crippen LogP contribution in [0.1, 0.15) is 39.0 Å². The van der Waals surface area contributed by atoms with E-state index in [1.54, 1.807) is 0 Å². The highest BCUT2D eigenvalue weighted by Gasteiger charge is 2.45. The Morgan fingerprint density at radius 3 is 2.53 bits per heavy atom. The third-order valence-electron chi connectivity index (χ3n) is 4.15. The summed E-state index contributed by atoms with van der Waals surface area (Å²) >= 11 is 0.